The molecule has 0 aliphatic heterocycles. The van der Waals surface area contributed by atoms with Crippen molar-refractivity contribution >= 4 is 23.3 Å². The van der Waals surface area contributed by atoms with E-state index >= 15 is 0 Å². The molecule has 0 fully saturated rings. The van der Waals surface area contributed by atoms with Crippen LogP contribution in [0.5, 0.6) is 0 Å². The highest BCUT2D eigenvalue weighted by atomic mass is 35.5. The summed E-state index contributed by atoms with van der Waals surface area (Å²) in [6, 6.07) is 4.28. The lowest BCUT2D eigenvalue weighted by atomic mass is 10.2. The van der Waals surface area contributed by atoms with Gasteiger partial charge in [-0.3, -0.25) is 0 Å². The maximum Gasteiger partial charge on any atom is 0.331 e. The van der Waals surface area contributed by atoms with Gasteiger partial charge in [0.25, 0.3) is 0 Å². The number of aliphatic carboxylic acids is 1. The number of carboxylic acid groups (broad SMARTS) is 1. The number of rotatable bonds is 5. The lowest BCUT2D eigenvalue weighted by molar-refractivity contribution is -0.132. The average molecular weight is 258 g/mol. The molecule has 0 saturated carbocycles. The third-order valence-electron chi connectivity index (χ3n) is 2.23. The zero-order chi connectivity index (χ0) is 12.8. The number of benzene rings is 1. The van der Waals surface area contributed by atoms with Crippen LogP contribution in [0.2, 0.25) is 5.02 Å². The van der Waals surface area contributed by atoms with Crippen molar-refractivity contribution in [1.29, 1.82) is 0 Å². The quantitative estimate of drug-likeness (QED) is 0.796. The summed E-state index contributed by atoms with van der Waals surface area (Å²) >= 11 is 5.61. The normalized spacial score (nSPS) is 11.4. The Kier molecular flexibility index (Phi) is 4.97. The molecule has 0 unspecified atom stereocenters. The lowest BCUT2D eigenvalue weighted by Gasteiger charge is -2.05. The molecule has 0 saturated heterocycles. The number of hydrogen-bond donors (Lipinski definition) is 2. The van der Waals surface area contributed by atoms with Gasteiger partial charge in [0.2, 0.25) is 0 Å². The number of halogens is 2. The maximum atomic E-state index is 13.3. The molecule has 3 nitrogen and oxygen atoms in total. The third kappa shape index (κ3) is 4.07. The molecule has 5 heteroatoms. The molecule has 0 amide bonds. The van der Waals surface area contributed by atoms with Gasteiger partial charge in [0.05, 0.1) is 5.69 Å². The summed E-state index contributed by atoms with van der Waals surface area (Å²) in [6.45, 7) is 2.01. The maximum absolute atomic E-state index is 13.3. The van der Waals surface area contributed by atoms with Gasteiger partial charge in [-0.25, -0.2) is 9.18 Å². The Morgan fingerprint density at radius 1 is 1.59 bits per heavy atom. The fourth-order valence-electron chi connectivity index (χ4n) is 1.30. The molecular weight excluding hydrogens is 245 g/mol. The summed E-state index contributed by atoms with van der Waals surface area (Å²) in [7, 11) is 0. The Labute approximate surface area is 104 Å². The number of carboxylic acids is 1. The van der Waals surface area contributed by atoms with Crippen LogP contribution >= 0.6 is 11.6 Å². The largest absolute Gasteiger partial charge is 0.478 e. The molecule has 0 aliphatic rings. The first-order chi connectivity index (χ1) is 8.04. The number of carbonyl (C=O) groups is 1. The van der Waals surface area contributed by atoms with Gasteiger partial charge in [0.1, 0.15) is 5.82 Å². The first-order valence-corrected chi connectivity index (χ1v) is 5.53. The van der Waals surface area contributed by atoms with Crippen LogP contribution in [0.15, 0.2) is 29.8 Å². The highest BCUT2D eigenvalue weighted by Gasteiger charge is 2.04. The van der Waals surface area contributed by atoms with Crippen LogP contribution < -0.4 is 5.32 Å². The van der Waals surface area contributed by atoms with Crippen molar-refractivity contribution in [2.45, 2.75) is 13.3 Å². The molecule has 17 heavy (non-hydrogen) atoms. The van der Waals surface area contributed by atoms with Gasteiger partial charge in [-0.15, -0.1) is 0 Å². The summed E-state index contributed by atoms with van der Waals surface area (Å²) < 4.78 is 13.3. The zero-order valence-electron chi connectivity index (χ0n) is 9.34. The summed E-state index contributed by atoms with van der Waals surface area (Å²) in [6.07, 6.45) is 1.95. The summed E-state index contributed by atoms with van der Waals surface area (Å²) in [5, 5.41) is 11.9. The van der Waals surface area contributed by atoms with E-state index in [4.69, 9.17) is 16.7 Å². The van der Waals surface area contributed by atoms with E-state index in [2.05, 4.69) is 5.32 Å². The van der Waals surface area contributed by atoms with Gasteiger partial charge < -0.3 is 10.4 Å². The zero-order valence-corrected chi connectivity index (χ0v) is 10.1. The van der Waals surface area contributed by atoms with Crippen LogP contribution in [0.3, 0.4) is 0 Å². The molecular formula is C12H13ClFNO2. The molecule has 92 valence electrons. The number of hydrogen-bond acceptors (Lipinski definition) is 2. The SMILES string of the molecule is CC/C(=C/CNc1ccc(Cl)cc1F)C(=O)O. The Bertz CT molecular complexity index is 446. The second kappa shape index (κ2) is 6.25. The van der Waals surface area contributed by atoms with Gasteiger partial charge in [0.15, 0.2) is 0 Å². The molecule has 0 atom stereocenters. The standard InChI is InChI=1S/C12H13ClFNO2/c1-2-8(12(16)17)5-6-15-11-4-3-9(13)7-10(11)14/h3-5,7,15H,2,6H2,1H3,(H,16,17)/b8-5-. The third-order valence-corrected chi connectivity index (χ3v) is 2.46. The van der Waals surface area contributed by atoms with Crippen molar-refractivity contribution in [3.63, 3.8) is 0 Å². The van der Waals surface area contributed by atoms with E-state index in [0.717, 1.165) is 0 Å². The predicted molar refractivity (Wildman–Crippen MR) is 65.9 cm³/mol. The molecule has 0 radical (unpaired) electrons. The number of anilines is 1. The Hall–Kier alpha value is -1.55. The minimum atomic E-state index is -0.953. The lowest BCUT2D eigenvalue weighted by Crippen LogP contribution is -2.05. The summed E-state index contributed by atoms with van der Waals surface area (Å²) in [5.41, 5.74) is 0.596. The molecule has 1 rings (SSSR count). The Morgan fingerprint density at radius 2 is 2.29 bits per heavy atom. The van der Waals surface area contributed by atoms with E-state index in [1.54, 1.807) is 13.0 Å². The van der Waals surface area contributed by atoms with E-state index < -0.39 is 11.8 Å². The second-order valence-electron chi connectivity index (χ2n) is 3.39. The highest BCUT2D eigenvalue weighted by molar-refractivity contribution is 6.30. The fourth-order valence-corrected chi connectivity index (χ4v) is 1.46. The fraction of sp³-hybridized carbons (Fsp3) is 0.250. The van der Waals surface area contributed by atoms with Crippen molar-refractivity contribution in [2.75, 3.05) is 11.9 Å². The van der Waals surface area contributed by atoms with Crippen LogP contribution in [0, 0.1) is 5.82 Å². The first kappa shape index (κ1) is 13.5. The molecule has 0 aromatic heterocycles. The van der Waals surface area contributed by atoms with Crippen LogP contribution in [0.4, 0.5) is 10.1 Å². The van der Waals surface area contributed by atoms with Gasteiger partial charge in [-0.2, -0.15) is 0 Å². The molecule has 0 aliphatic carbocycles. The monoisotopic (exact) mass is 257 g/mol. The van der Waals surface area contributed by atoms with Gasteiger partial charge >= 0.3 is 5.97 Å². The van der Waals surface area contributed by atoms with Crippen molar-refractivity contribution in [2.24, 2.45) is 0 Å². The van der Waals surface area contributed by atoms with Crippen molar-refractivity contribution < 1.29 is 14.3 Å². The van der Waals surface area contributed by atoms with Crippen LogP contribution in [-0.2, 0) is 4.79 Å². The van der Waals surface area contributed by atoms with Gasteiger partial charge in [-0.1, -0.05) is 24.6 Å². The average Bonchev–Trinajstić information content (AvgIpc) is 2.26. The van der Waals surface area contributed by atoms with Gasteiger partial charge in [-0.05, 0) is 24.6 Å². The van der Waals surface area contributed by atoms with E-state index in [0.29, 0.717) is 22.7 Å². The molecule has 1 aromatic carbocycles. The van der Waals surface area contributed by atoms with E-state index in [1.807, 2.05) is 0 Å². The van der Waals surface area contributed by atoms with Crippen LogP contribution in [0.25, 0.3) is 0 Å². The van der Waals surface area contributed by atoms with Crippen LogP contribution in [-0.4, -0.2) is 17.6 Å². The second-order valence-corrected chi connectivity index (χ2v) is 3.83. The van der Waals surface area contributed by atoms with Gasteiger partial charge in [0, 0.05) is 17.1 Å². The minimum absolute atomic E-state index is 0.258. The van der Waals surface area contributed by atoms with E-state index in [1.165, 1.54) is 18.2 Å². The van der Waals surface area contributed by atoms with Crippen molar-refractivity contribution in [3.05, 3.63) is 40.7 Å². The minimum Gasteiger partial charge on any atom is -0.478 e. The first-order valence-electron chi connectivity index (χ1n) is 5.15. The molecule has 1 aromatic rings. The summed E-state index contributed by atoms with van der Waals surface area (Å²) in [5.74, 6) is -1.41. The Balaban J connectivity index is 2.65. The predicted octanol–water partition coefficient (Wildman–Crippen LogP) is 3.31. The molecule has 0 spiro atoms. The topological polar surface area (TPSA) is 49.3 Å². The summed E-state index contributed by atoms with van der Waals surface area (Å²) in [4.78, 5) is 10.7. The number of nitrogens with one attached hydrogen (secondary N) is 1. The molecule has 2 N–H and O–H groups in total. The smallest absolute Gasteiger partial charge is 0.331 e. The van der Waals surface area contributed by atoms with E-state index in [9.17, 15) is 9.18 Å². The van der Waals surface area contributed by atoms with Crippen molar-refractivity contribution in [3.8, 4) is 0 Å². The molecule has 0 bridgehead atoms. The Morgan fingerprint density at radius 3 is 2.82 bits per heavy atom. The van der Waals surface area contributed by atoms with Crippen molar-refractivity contribution in [1.82, 2.24) is 0 Å². The van der Waals surface area contributed by atoms with Crippen LogP contribution in [0.1, 0.15) is 13.3 Å². The van der Waals surface area contributed by atoms with E-state index in [-0.39, 0.29) is 6.54 Å². The highest BCUT2D eigenvalue weighted by Crippen LogP contribution is 2.18. The molecule has 0 heterocycles.